The normalized spacial score (nSPS) is 22.2. The van der Waals surface area contributed by atoms with Crippen LogP contribution in [0.25, 0.3) is 0 Å². The van der Waals surface area contributed by atoms with Crippen molar-refractivity contribution in [2.24, 2.45) is 4.99 Å². The van der Waals surface area contributed by atoms with Crippen LogP contribution in [0.4, 0.5) is 0 Å². The van der Waals surface area contributed by atoms with E-state index in [0.717, 1.165) is 32.1 Å². The number of guanidine groups is 1. The molecule has 1 aliphatic rings. The fraction of sp³-hybridized carbons (Fsp3) is 0.526. The number of morpholine rings is 1. The Bertz CT molecular complexity index is 548. The topological polar surface area (TPSA) is 48.9 Å². The van der Waals surface area contributed by atoms with Crippen molar-refractivity contribution in [3.8, 4) is 0 Å². The number of benzene rings is 1. The number of hydrogen-bond donors (Lipinski definition) is 2. The Hall–Kier alpha value is -1.85. The maximum atomic E-state index is 5.83. The van der Waals surface area contributed by atoms with Crippen LogP contribution in [0.1, 0.15) is 25.0 Å². The van der Waals surface area contributed by atoms with Crippen LogP contribution < -0.4 is 10.6 Å². The van der Waals surface area contributed by atoms with E-state index in [1.54, 1.807) is 7.05 Å². The van der Waals surface area contributed by atoms with E-state index < -0.39 is 0 Å². The number of ether oxygens (including phenoxy) is 1. The van der Waals surface area contributed by atoms with E-state index in [9.17, 15) is 0 Å². The van der Waals surface area contributed by atoms with Crippen molar-refractivity contribution >= 4 is 5.96 Å². The highest BCUT2D eigenvalue weighted by Gasteiger charge is 2.22. The maximum absolute atomic E-state index is 5.83. The fourth-order valence-corrected chi connectivity index (χ4v) is 3.11. The van der Waals surface area contributed by atoms with Crippen LogP contribution >= 0.6 is 0 Å². The van der Waals surface area contributed by atoms with E-state index in [1.165, 1.54) is 11.1 Å². The number of rotatable bonds is 6. The van der Waals surface area contributed by atoms with Crippen LogP contribution in [-0.2, 0) is 17.8 Å². The highest BCUT2D eigenvalue weighted by molar-refractivity contribution is 5.79. The summed E-state index contributed by atoms with van der Waals surface area (Å²) in [6, 6.07) is 8.58. The van der Waals surface area contributed by atoms with Crippen molar-refractivity contribution in [1.82, 2.24) is 15.5 Å². The monoisotopic (exact) mass is 330 g/mol. The van der Waals surface area contributed by atoms with Gasteiger partial charge in [0, 0.05) is 39.8 Å². The van der Waals surface area contributed by atoms with E-state index in [0.29, 0.717) is 18.8 Å². The molecule has 24 heavy (non-hydrogen) atoms. The molecule has 1 aromatic rings. The SMILES string of the molecule is C=CCNC(=NC)NCc1ccccc1CN1CC(C)OC(C)C1. The minimum atomic E-state index is 0.293. The Morgan fingerprint density at radius 3 is 2.54 bits per heavy atom. The molecule has 0 bridgehead atoms. The molecule has 2 unspecified atom stereocenters. The van der Waals surface area contributed by atoms with E-state index in [4.69, 9.17) is 4.74 Å². The molecular formula is C19H30N4O. The summed E-state index contributed by atoms with van der Waals surface area (Å²) in [6.45, 7) is 12.4. The summed E-state index contributed by atoms with van der Waals surface area (Å²) < 4.78 is 5.83. The summed E-state index contributed by atoms with van der Waals surface area (Å²) in [7, 11) is 1.78. The summed E-state index contributed by atoms with van der Waals surface area (Å²) in [4.78, 5) is 6.70. The predicted molar refractivity (Wildman–Crippen MR) is 100 cm³/mol. The summed E-state index contributed by atoms with van der Waals surface area (Å²) >= 11 is 0. The Morgan fingerprint density at radius 1 is 1.25 bits per heavy atom. The van der Waals surface area contributed by atoms with Gasteiger partial charge in [0.25, 0.3) is 0 Å². The number of hydrogen-bond acceptors (Lipinski definition) is 3. The quantitative estimate of drug-likeness (QED) is 0.477. The zero-order valence-electron chi connectivity index (χ0n) is 15.1. The first kappa shape index (κ1) is 18.5. The van der Waals surface area contributed by atoms with Gasteiger partial charge in [-0.1, -0.05) is 30.3 Å². The molecule has 1 aliphatic heterocycles. The van der Waals surface area contributed by atoms with Crippen LogP contribution in [-0.4, -0.2) is 49.7 Å². The lowest BCUT2D eigenvalue weighted by atomic mass is 10.1. The van der Waals surface area contributed by atoms with Gasteiger partial charge in [0.05, 0.1) is 12.2 Å². The van der Waals surface area contributed by atoms with Crippen molar-refractivity contribution in [3.63, 3.8) is 0 Å². The van der Waals surface area contributed by atoms with Gasteiger partial charge in [0.2, 0.25) is 0 Å². The largest absolute Gasteiger partial charge is 0.373 e. The van der Waals surface area contributed by atoms with Crippen LogP contribution in [0.15, 0.2) is 41.9 Å². The molecule has 5 heteroatoms. The van der Waals surface area contributed by atoms with Gasteiger partial charge in [0.1, 0.15) is 0 Å². The highest BCUT2D eigenvalue weighted by Crippen LogP contribution is 2.16. The van der Waals surface area contributed by atoms with Crippen molar-refractivity contribution in [3.05, 3.63) is 48.0 Å². The molecule has 0 saturated carbocycles. The predicted octanol–water partition coefficient (Wildman–Crippen LogP) is 2.15. The first-order valence-electron chi connectivity index (χ1n) is 8.62. The van der Waals surface area contributed by atoms with Crippen molar-refractivity contribution in [2.45, 2.75) is 39.1 Å². The molecule has 5 nitrogen and oxygen atoms in total. The molecule has 0 aromatic heterocycles. The second kappa shape index (κ2) is 9.45. The van der Waals surface area contributed by atoms with E-state index in [-0.39, 0.29) is 0 Å². The summed E-state index contributed by atoms with van der Waals surface area (Å²) in [5.41, 5.74) is 2.65. The second-order valence-corrected chi connectivity index (χ2v) is 6.32. The molecule has 1 aromatic carbocycles. The lowest BCUT2D eigenvalue weighted by molar-refractivity contribution is -0.0705. The molecule has 2 N–H and O–H groups in total. The minimum Gasteiger partial charge on any atom is -0.373 e. The second-order valence-electron chi connectivity index (χ2n) is 6.32. The average molecular weight is 330 g/mol. The molecule has 2 atom stereocenters. The molecule has 0 aliphatic carbocycles. The van der Waals surface area contributed by atoms with Crippen LogP contribution in [0.2, 0.25) is 0 Å². The van der Waals surface area contributed by atoms with Gasteiger partial charge < -0.3 is 15.4 Å². The van der Waals surface area contributed by atoms with Crippen molar-refractivity contribution < 1.29 is 4.74 Å². The smallest absolute Gasteiger partial charge is 0.191 e. The summed E-state index contributed by atoms with van der Waals surface area (Å²) in [5, 5.41) is 6.56. The zero-order valence-corrected chi connectivity index (χ0v) is 15.1. The molecule has 1 saturated heterocycles. The zero-order chi connectivity index (χ0) is 17.4. The Morgan fingerprint density at radius 2 is 1.92 bits per heavy atom. The van der Waals surface area contributed by atoms with Gasteiger partial charge in [0.15, 0.2) is 5.96 Å². The fourth-order valence-electron chi connectivity index (χ4n) is 3.11. The first-order chi connectivity index (χ1) is 11.6. The summed E-state index contributed by atoms with van der Waals surface area (Å²) in [6.07, 6.45) is 2.41. The molecule has 2 rings (SSSR count). The third-order valence-corrected chi connectivity index (χ3v) is 4.09. The third kappa shape index (κ3) is 5.65. The van der Waals surface area contributed by atoms with Crippen molar-refractivity contribution in [1.29, 1.82) is 0 Å². The standard InChI is InChI=1S/C19H30N4O/c1-5-10-21-19(20-4)22-11-17-8-6-7-9-18(17)14-23-12-15(2)24-16(3)13-23/h5-9,15-16H,1,10-14H2,2-4H3,(H2,20,21,22). The lowest BCUT2D eigenvalue weighted by Crippen LogP contribution is -2.45. The Kier molecular flexibility index (Phi) is 7.28. The average Bonchev–Trinajstić information content (AvgIpc) is 2.55. The molecule has 1 heterocycles. The molecule has 132 valence electrons. The van der Waals surface area contributed by atoms with Gasteiger partial charge in [-0.15, -0.1) is 6.58 Å². The number of nitrogens with zero attached hydrogens (tertiary/aromatic N) is 2. The Labute approximate surface area is 145 Å². The maximum Gasteiger partial charge on any atom is 0.191 e. The van der Waals surface area contributed by atoms with E-state index >= 15 is 0 Å². The van der Waals surface area contributed by atoms with Gasteiger partial charge in [-0.05, 0) is 25.0 Å². The lowest BCUT2D eigenvalue weighted by Gasteiger charge is -2.35. The van der Waals surface area contributed by atoms with Gasteiger partial charge in [-0.3, -0.25) is 9.89 Å². The highest BCUT2D eigenvalue weighted by atomic mass is 16.5. The Balaban J connectivity index is 1.98. The molecular weight excluding hydrogens is 300 g/mol. The van der Waals surface area contributed by atoms with E-state index in [1.807, 2.05) is 6.08 Å². The van der Waals surface area contributed by atoms with Crippen LogP contribution in [0, 0.1) is 0 Å². The van der Waals surface area contributed by atoms with Crippen molar-refractivity contribution in [2.75, 3.05) is 26.7 Å². The summed E-state index contributed by atoms with van der Waals surface area (Å²) in [5.74, 6) is 0.790. The molecule has 0 radical (unpaired) electrons. The number of nitrogens with one attached hydrogen (secondary N) is 2. The molecule has 0 spiro atoms. The molecule has 1 fully saturated rings. The molecule has 0 amide bonds. The van der Waals surface area contributed by atoms with Crippen LogP contribution in [0.5, 0.6) is 0 Å². The van der Waals surface area contributed by atoms with Gasteiger partial charge in [-0.2, -0.15) is 0 Å². The first-order valence-corrected chi connectivity index (χ1v) is 8.62. The van der Waals surface area contributed by atoms with Gasteiger partial charge in [-0.25, -0.2) is 0 Å². The van der Waals surface area contributed by atoms with Crippen LogP contribution in [0.3, 0.4) is 0 Å². The van der Waals surface area contributed by atoms with Gasteiger partial charge >= 0.3 is 0 Å². The van der Waals surface area contributed by atoms with E-state index in [2.05, 4.69) is 65.2 Å². The number of aliphatic imine (C=N–C) groups is 1. The third-order valence-electron chi connectivity index (χ3n) is 4.09. The minimum absolute atomic E-state index is 0.293.